The number of fused-ring (bicyclic) bond motifs is 3. The van der Waals surface area contributed by atoms with Gasteiger partial charge in [-0.1, -0.05) is 65.7 Å². The average Bonchev–Trinajstić information content (AvgIpc) is 2.93. The van der Waals surface area contributed by atoms with E-state index in [0.29, 0.717) is 33.2 Å². The van der Waals surface area contributed by atoms with Crippen molar-refractivity contribution < 1.29 is 9.90 Å². The molecular formula is C25H18Cl2N2O2S. The highest BCUT2D eigenvalue weighted by Gasteiger charge is 2.24. The van der Waals surface area contributed by atoms with E-state index in [2.05, 4.69) is 58.8 Å². The molecule has 0 spiro atoms. The lowest BCUT2D eigenvalue weighted by atomic mass is 9.88. The van der Waals surface area contributed by atoms with Crippen LogP contribution in [0.2, 0.25) is 10.0 Å². The van der Waals surface area contributed by atoms with Crippen molar-refractivity contribution in [2.45, 2.75) is 16.6 Å². The fraction of sp³-hybridized carbons (Fsp3) is 0.120. The summed E-state index contributed by atoms with van der Waals surface area (Å²) in [7, 11) is 0. The molecule has 5 rings (SSSR count). The van der Waals surface area contributed by atoms with Crippen LogP contribution in [0.3, 0.4) is 0 Å². The predicted molar refractivity (Wildman–Crippen MR) is 131 cm³/mol. The van der Waals surface area contributed by atoms with Crippen molar-refractivity contribution in [1.82, 2.24) is 4.98 Å². The second-order valence-corrected chi connectivity index (χ2v) is 9.46. The van der Waals surface area contributed by atoms with Gasteiger partial charge in [0.25, 0.3) is 0 Å². The van der Waals surface area contributed by atoms with Crippen LogP contribution in [0, 0.1) is 0 Å². The second-order valence-electron chi connectivity index (χ2n) is 7.60. The van der Waals surface area contributed by atoms with E-state index < -0.39 is 5.97 Å². The molecule has 3 aromatic carbocycles. The molecule has 1 aliphatic heterocycles. The van der Waals surface area contributed by atoms with Gasteiger partial charge in [0, 0.05) is 39.2 Å². The van der Waals surface area contributed by atoms with Gasteiger partial charge < -0.3 is 10.4 Å². The molecule has 0 saturated carbocycles. The van der Waals surface area contributed by atoms with E-state index in [1.807, 2.05) is 11.8 Å². The number of nitrogens with one attached hydrogen (secondary N) is 1. The topological polar surface area (TPSA) is 62.2 Å². The van der Waals surface area contributed by atoms with Gasteiger partial charge in [-0.2, -0.15) is 0 Å². The number of rotatable bonds is 4. The zero-order valence-corrected chi connectivity index (χ0v) is 19.1. The Morgan fingerprint density at radius 3 is 2.62 bits per heavy atom. The fourth-order valence-corrected chi connectivity index (χ4v) is 5.91. The molecular weight excluding hydrogens is 463 g/mol. The van der Waals surface area contributed by atoms with Crippen molar-refractivity contribution in [2.75, 3.05) is 11.9 Å². The first-order valence-electron chi connectivity index (χ1n) is 10.1. The van der Waals surface area contributed by atoms with E-state index in [9.17, 15) is 9.90 Å². The van der Waals surface area contributed by atoms with Crippen LogP contribution in [0.1, 0.15) is 33.1 Å². The van der Waals surface area contributed by atoms with Gasteiger partial charge in [0.2, 0.25) is 0 Å². The number of anilines is 1. The number of aromatic carboxylic acids is 1. The average molecular weight is 481 g/mol. The molecule has 160 valence electrons. The monoisotopic (exact) mass is 480 g/mol. The van der Waals surface area contributed by atoms with Gasteiger partial charge >= 0.3 is 5.97 Å². The van der Waals surface area contributed by atoms with Gasteiger partial charge in [-0.3, -0.25) is 0 Å². The molecule has 0 saturated heterocycles. The molecule has 32 heavy (non-hydrogen) atoms. The van der Waals surface area contributed by atoms with Gasteiger partial charge in [0.15, 0.2) is 5.69 Å². The smallest absolute Gasteiger partial charge is 0.354 e. The molecule has 7 heteroatoms. The molecule has 1 atom stereocenters. The number of carboxylic acid groups (broad SMARTS) is 1. The van der Waals surface area contributed by atoms with Crippen LogP contribution < -0.4 is 5.32 Å². The Labute approximate surface area is 199 Å². The molecule has 4 nitrogen and oxygen atoms in total. The van der Waals surface area contributed by atoms with Gasteiger partial charge in [-0.25, -0.2) is 9.78 Å². The van der Waals surface area contributed by atoms with Gasteiger partial charge in [-0.05, 0) is 41.0 Å². The maximum absolute atomic E-state index is 11.7. The van der Waals surface area contributed by atoms with Crippen LogP contribution in [0.15, 0.2) is 71.6 Å². The lowest BCUT2D eigenvalue weighted by molar-refractivity contribution is 0.0691. The molecule has 4 aromatic rings. The van der Waals surface area contributed by atoms with Crippen LogP contribution in [0.5, 0.6) is 0 Å². The van der Waals surface area contributed by atoms with Gasteiger partial charge in [0.05, 0.1) is 10.5 Å². The molecule has 1 aliphatic rings. The molecule has 2 heterocycles. The number of aromatic nitrogens is 1. The van der Waals surface area contributed by atoms with Crippen molar-refractivity contribution in [2.24, 2.45) is 0 Å². The summed E-state index contributed by atoms with van der Waals surface area (Å²) < 4.78 is 0. The van der Waals surface area contributed by atoms with Crippen LogP contribution >= 0.6 is 35.0 Å². The van der Waals surface area contributed by atoms with E-state index in [-0.39, 0.29) is 11.6 Å². The maximum atomic E-state index is 11.7. The minimum atomic E-state index is -1.10. The first-order chi connectivity index (χ1) is 15.5. The number of carbonyl (C=O) groups is 1. The number of hydrogen-bond acceptors (Lipinski definition) is 4. The summed E-state index contributed by atoms with van der Waals surface area (Å²) in [6, 6.07) is 21.7. The number of benzene rings is 3. The SMILES string of the molecule is O=C(O)c1cc(NCC2c3ccccc3CSc3ccccc32)c2c(Cl)cc(Cl)cc2n1. The van der Waals surface area contributed by atoms with Gasteiger partial charge in [0.1, 0.15) is 0 Å². The Morgan fingerprint density at radius 1 is 1.06 bits per heavy atom. The van der Waals surface area contributed by atoms with Crippen molar-refractivity contribution >= 4 is 57.5 Å². The standard InChI is InChI=1S/C25H18Cl2N2O2S/c26-15-9-19(27)24-20(11-22(25(30)31)29-21(24)10-15)28-12-18-16-6-2-1-5-14(16)13-32-23-8-4-3-7-17(18)23/h1-11,18H,12-13H2,(H,28,29)(H,30,31). The van der Waals surface area contributed by atoms with Crippen molar-refractivity contribution in [3.05, 3.63) is 99.2 Å². The molecule has 0 amide bonds. The number of thioether (sulfide) groups is 1. The van der Waals surface area contributed by atoms with E-state index in [1.165, 1.54) is 27.7 Å². The minimum absolute atomic E-state index is 0.0597. The predicted octanol–water partition coefficient (Wildman–Crippen LogP) is 7.09. The van der Waals surface area contributed by atoms with Crippen molar-refractivity contribution in [3.63, 3.8) is 0 Å². The molecule has 1 aromatic heterocycles. The normalized spacial score (nSPS) is 15.0. The van der Waals surface area contributed by atoms with Crippen LogP contribution in [-0.4, -0.2) is 22.6 Å². The highest BCUT2D eigenvalue weighted by molar-refractivity contribution is 7.98. The fourth-order valence-electron chi connectivity index (χ4n) is 4.20. The van der Waals surface area contributed by atoms with Crippen molar-refractivity contribution in [1.29, 1.82) is 0 Å². The number of pyridine rings is 1. The quantitative estimate of drug-likeness (QED) is 0.326. The minimum Gasteiger partial charge on any atom is -0.477 e. The lowest BCUT2D eigenvalue weighted by Gasteiger charge is -2.22. The van der Waals surface area contributed by atoms with Crippen LogP contribution in [-0.2, 0) is 5.75 Å². The summed E-state index contributed by atoms with van der Waals surface area (Å²) in [5, 5.41) is 14.5. The number of halogens is 2. The first-order valence-corrected chi connectivity index (χ1v) is 11.8. The third-order valence-electron chi connectivity index (χ3n) is 5.65. The summed E-state index contributed by atoms with van der Waals surface area (Å²) in [6.45, 7) is 0.575. The number of carboxylic acids is 1. The summed E-state index contributed by atoms with van der Waals surface area (Å²) in [5.41, 5.74) is 4.83. The highest BCUT2D eigenvalue weighted by atomic mass is 35.5. The van der Waals surface area contributed by atoms with E-state index >= 15 is 0 Å². The first kappa shape index (κ1) is 21.1. The highest BCUT2D eigenvalue weighted by Crippen LogP contribution is 2.41. The molecule has 0 fully saturated rings. The van der Waals surface area contributed by atoms with E-state index in [0.717, 1.165) is 5.75 Å². The Morgan fingerprint density at radius 2 is 1.81 bits per heavy atom. The van der Waals surface area contributed by atoms with Crippen molar-refractivity contribution in [3.8, 4) is 0 Å². The summed E-state index contributed by atoms with van der Waals surface area (Å²) in [6.07, 6.45) is 0. The largest absolute Gasteiger partial charge is 0.477 e. The molecule has 0 aliphatic carbocycles. The Bertz CT molecular complexity index is 1310. The second kappa shape index (κ2) is 8.66. The Hall–Kier alpha value is -2.73. The summed E-state index contributed by atoms with van der Waals surface area (Å²) in [4.78, 5) is 17.2. The Balaban J connectivity index is 1.60. The third kappa shape index (κ3) is 3.92. The van der Waals surface area contributed by atoms with E-state index in [4.69, 9.17) is 23.2 Å². The van der Waals surface area contributed by atoms with Crippen LogP contribution in [0.4, 0.5) is 5.69 Å². The zero-order valence-electron chi connectivity index (χ0n) is 16.8. The number of hydrogen-bond donors (Lipinski definition) is 2. The molecule has 2 N–H and O–H groups in total. The van der Waals surface area contributed by atoms with Crippen LogP contribution in [0.25, 0.3) is 10.9 Å². The number of nitrogens with zero attached hydrogens (tertiary/aromatic N) is 1. The molecule has 0 radical (unpaired) electrons. The zero-order chi connectivity index (χ0) is 22.2. The maximum Gasteiger partial charge on any atom is 0.354 e. The third-order valence-corrected chi connectivity index (χ3v) is 7.30. The van der Waals surface area contributed by atoms with Gasteiger partial charge in [-0.15, -0.1) is 11.8 Å². The summed E-state index contributed by atoms with van der Waals surface area (Å²) in [5.74, 6) is -0.0948. The molecule has 1 unspecified atom stereocenters. The lowest BCUT2D eigenvalue weighted by Crippen LogP contribution is -2.16. The summed E-state index contributed by atoms with van der Waals surface area (Å²) >= 11 is 14.5. The van der Waals surface area contributed by atoms with E-state index in [1.54, 1.807) is 12.1 Å². The molecule has 0 bridgehead atoms. The Kier molecular flexibility index (Phi) is 5.72.